The molecule has 0 aliphatic carbocycles. The highest BCUT2D eigenvalue weighted by Crippen LogP contribution is 2.21. The molecule has 0 atom stereocenters. The first-order valence-corrected chi connectivity index (χ1v) is 9.08. The molecule has 1 aromatic rings. The summed E-state index contributed by atoms with van der Waals surface area (Å²) in [7, 11) is 0. The van der Waals surface area contributed by atoms with Crippen molar-refractivity contribution in [3.63, 3.8) is 0 Å². The number of nitrogens with zero attached hydrogens (tertiary/aromatic N) is 3. The molecule has 24 heavy (non-hydrogen) atoms. The van der Waals surface area contributed by atoms with Crippen LogP contribution in [-0.4, -0.2) is 53.8 Å². The zero-order chi connectivity index (χ0) is 17.2. The van der Waals surface area contributed by atoms with Crippen molar-refractivity contribution in [2.45, 2.75) is 45.6 Å². The topological polar surface area (TPSA) is 68.7 Å². The number of hydrogen-bond acceptors (Lipinski definition) is 4. The number of aliphatic hydroxyl groups is 1. The second kappa shape index (κ2) is 10.1. The third-order valence-electron chi connectivity index (χ3n) is 4.39. The molecular formula is C18H30N4O2. The second-order valence-electron chi connectivity index (χ2n) is 6.26. The molecule has 0 bridgehead atoms. The Morgan fingerprint density at radius 2 is 2.12 bits per heavy atom. The number of pyridine rings is 1. The van der Waals surface area contributed by atoms with Crippen molar-refractivity contribution in [3.05, 3.63) is 23.9 Å². The Hall–Kier alpha value is -1.82. The van der Waals surface area contributed by atoms with Gasteiger partial charge in [0, 0.05) is 44.5 Å². The predicted molar refractivity (Wildman–Crippen MR) is 96.1 cm³/mol. The van der Waals surface area contributed by atoms with Gasteiger partial charge in [-0.15, -0.1) is 0 Å². The number of aromatic nitrogens is 1. The van der Waals surface area contributed by atoms with Gasteiger partial charge in [0.15, 0.2) is 0 Å². The largest absolute Gasteiger partial charge is 0.395 e. The number of unbranched alkanes of at least 4 members (excludes halogenated alkanes) is 1. The van der Waals surface area contributed by atoms with Crippen molar-refractivity contribution in [3.8, 4) is 0 Å². The lowest BCUT2D eigenvalue weighted by Gasteiger charge is -2.29. The number of urea groups is 1. The van der Waals surface area contributed by atoms with Crippen LogP contribution in [0.4, 0.5) is 10.6 Å². The van der Waals surface area contributed by atoms with E-state index >= 15 is 0 Å². The van der Waals surface area contributed by atoms with Crippen molar-refractivity contribution in [1.29, 1.82) is 0 Å². The van der Waals surface area contributed by atoms with Crippen molar-refractivity contribution in [2.24, 2.45) is 0 Å². The number of anilines is 1. The van der Waals surface area contributed by atoms with Crippen LogP contribution >= 0.6 is 0 Å². The van der Waals surface area contributed by atoms with Gasteiger partial charge in [-0.2, -0.15) is 0 Å². The van der Waals surface area contributed by atoms with Crippen LogP contribution in [0, 0.1) is 0 Å². The second-order valence-corrected chi connectivity index (χ2v) is 6.26. The molecule has 2 amide bonds. The van der Waals surface area contributed by atoms with Gasteiger partial charge >= 0.3 is 6.03 Å². The Bertz CT molecular complexity index is 504. The maximum atomic E-state index is 12.4. The van der Waals surface area contributed by atoms with Crippen LogP contribution in [0.15, 0.2) is 18.3 Å². The number of piperidine rings is 1. The van der Waals surface area contributed by atoms with E-state index in [0.717, 1.165) is 37.3 Å². The van der Waals surface area contributed by atoms with E-state index in [4.69, 9.17) is 5.11 Å². The number of rotatable bonds is 8. The Balaban J connectivity index is 1.96. The van der Waals surface area contributed by atoms with E-state index in [1.807, 2.05) is 18.3 Å². The lowest BCUT2D eigenvalue weighted by molar-refractivity contribution is 0.176. The van der Waals surface area contributed by atoms with Gasteiger partial charge in [-0.3, -0.25) is 0 Å². The van der Waals surface area contributed by atoms with Gasteiger partial charge in [0.25, 0.3) is 0 Å². The smallest absolute Gasteiger partial charge is 0.317 e. The minimum Gasteiger partial charge on any atom is -0.395 e. The average Bonchev–Trinajstić information content (AvgIpc) is 2.64. The summed E-state index contributed by atoms with van der Waals surface area (Å²) in [6, 6.07) is 3.82. The molecule has 2 N–H and O–H groups in total. The summed E-state index contributed by atoms with van der Waals surface area (Å²) in [5.41, 5.74) is 1.05. The van der Waals surface area contributed by atoms with Gasteiger partial charge in [0.1, 0.15) is 5.82 Å². The quantitative estimate of drug-likeness (QED) is 0.766. The van der Waals surface area contributed by atoms with Gasteiger partial charge in [-0.05, 0) is 31.7 Å². The summed E-state index contributed by atoms with van der Waals surface area (Å²) in [4.78, 5) is 20.9. The Labute approximate surface area is 144 Å². The summed E-state index contributed by atoms with van der Waals surface area (Å²) in [5.74, 6) is 0.986. The lowest BCUT2D eigenvalue weighted by atomic mass is 10.1. The minimum atomic E-state index is -0.119. The van der Waals surface area contributed by atoms with Crippen LogP contribution in [-0.2, 0) is 6.54 Å². The van der Waals surface area contributed by atoms with Gasteiger partial charge < -0.3 is 20.2 Å². The van der Waals surface area contributed by atoms with E-state index in [9.17, 15) is 4.79 Å². The molecule has 1 fully saturated rings. The zero-order valence-electron chi connectivity index (χ0n) is 14.7. The van der Waals surface area contributed by atoms with E-state index < -0.39 is 0 Å². The molecule has 0 spiro atoms. The molecule has 2 heterocycles. The number of aliphatic hydroxyl groups excluding tert-OH is 1. The summed E-state index contributed by atoms with van der Waals surface area (Å²) < 4.78 is 0. The average molecular weight is 334 g/mol. The van der Waals surface area contributed by atoms with Crippen LogP contribution in [0.1, 0.15) is 44.6 Å². The van der Waals surface area contributed by atoms with E-state index in [-0.39, 0.29) is 12.6 Å². The van der Waals surface area contributed by atoms with Gasteiger partial charge in [0.05, 0.1) is 6.61 Å². The van der Waals surface area contributed by atoms with Crippen LogP contribution < -0.4 is 10.2 Å². The first kappa shape index (κ1) is 18.5. The molecule has 0 unspecified atom stereocenters. The van der Waals surface area contributed by atoms with Crippen molar-refractivity contribution in [2.75, 3.05) is 37.7 Å². The number of carbonyl (C=O) groups excluding carboxylic acids is 1. The Morgan fingerprint density at radius 3 is 2.83 bits per heavy atom. The molecular weight excluding hydrogens is 304 g/mol. The molecule has 1 aliphatic rings. The normalized spacial score (nSPS) is 14.5. The lowest BCUT2D eigenvalue weighted by Crippen LogP contribution is -2.42. The third kappa shape index (κ3) is 5.37. The molecule has 6 heteroatoms. The minimum absolute atomic E-state index is 0.0109. The van der Waals surface area contributed by atoms with E-state index in [1.165, 1.54) is 19.3 Å². The highest BCUT2D eigenvalue weighted by Gasteiger charge is 2.17. The van der Waals surface area contributed by atoms with Crippen LogP contribution in [0.2, 0.25) is 0 Å². The van der Waals surface area contributed by atoms with Gasteiger partial charge in [-0.1, -0.05) is 19.4 Å². The maximum absolute atomic E-state index is 12.4. The summed E-state index contributed by atoms with van der Waals surface area (Å²) in [5, 5.41) is 12.1. The molecule has 134 valence electrons. The molecule has 6 nitrogen and oxygen atoms in total. The van der Waals surface area contributed by atoms with Gasteiger partial charge in [0.2, 0.25) is 0 Å². The molecule has 0 saturated carbocycles. The molecule has 0 aromatic carbocycles. The molecule has 1 saturated heterocycles. The highest BCUT2D eigenvalue weighted by atomic mass is 16.3. The fraction of sp³-hybridized carbons (Fsp3) is 0.667. The monoisotopic (exact) mass is 334 g/mol. The summed E-state index contributed by atoms with van der Waals surface area (Å²) in [6.07, 6.45) is 7.46. The first-order valence-electron chi connectivity index (χ1n) is 9.08. The summed E-state index contributed by atoms with van der Waals surface area (Å²) in [6.45, 7) is 5.66. The molecule has 1 aliphatic heterocycles. The number of amides is 2. The van der Waals surface area contributed by atoms with E-state index in [2.05, 4.69) is 22.1 Å². The van der Waals surface area contributed by atoms with Crippen LogP contribution in [0.25, 0.3) is 0 Å². The van der Waals surface area contributed by atoms with Gasteiger partial charge in [-0.25, -0.2) is 9.78 Å². The molecule has 0 radical (unpaired) electrons. The molecule has 1 aromatic heterocycles. The number of nitrogens with one attached hydrogen (secondary N) is 1. The van der Waals surface area contributed by atoms with Crippen LogP contribution in [0.3, 0.4) is 0 Å². The fourth-order valence-electron chi connectivity index (χ4n) is 3.03. The maximum Gasteiger partial charge on any atom is 0.317 e. The standard InChI is InChI=1S/C18H30N4O2/c1-2-3-10-22(13-14-23)18(24)20-15-16-8-7-9-19-17(16)21-11-5-4-6-12-21/h7-9,23H,2-6,10-15H2,1H3,(H,20,24). The summed E-state index contributed by atoms with van der Waals surface area (Å²) >= 11 is 0. The van der Waals surface area contributed by atoms with E-state index in [1.54, 1.807) is 4.90 Å². The Kier molecular flexibility index (Phi) is 7.82. The first-order chi connectivity index (χ1) is 11.8. The van der Waals surface area contributed by atoms with Crippen molar-refractivity contribution in [1.82, 2.24) is 15.2 Å². The van der Waals surface area contributed by atoms with E-state index in [0.29, 0.717) is 19.6 Å². The van der Waals surface area contributed by atoms with Crippen molar-refractivity contribution < 1.29 is 9.90 Å². The number of carbonyl (C=O) groups is 1. The third-order valence-corrected chi connectivity index (χ3v) is 4.39. The fourth-order valence-corrected chi connectivity index (χ4v) is 3.03. The highest BCUT2D eigenvalue weighted by molar-refractivity contribution is 5.74. The zero-order valence-corrected chi connectivity index (χ0v) is 14.7. The Morgan fingerprint density at radius 1 is 1.33 bits per heavy atom. The molecule has 2 rings (SSSR count). The SMILES string of the molecule is CCCCN(CCO)C(=O)NCc1cccnc1N1CCCCC1. The predicted octanol–water partition coefficient (Wildman–Crippen LogP) is 2.38. The van der Waals surface area contributed by atoms with Crippen molar-refractivity contribution >= 4 is 11.8 Å². The number of hydrogen-bond donors (Lipinski definition) is 2. The van der Waals surface area contributed by atoms with Crippen LogP contribution in [0.5, 0.6) is 0 Å².